The number of carbonyl (C=O) groups is 1. The molecule has 1 saturated carbocycles. The number of ether oxygens (including phenoxy) is 2. The third-order valence-electron chi connectivity index (χ3n) is 4.57. The summed E-state index contributed by atoms with van der Waals surface area (Å²) in [5, 5.41) is 9.12. The molecule has 1 amide bonds. The first-order valence-electron chi connectivity index (χ1n) is 8.14. The minimum absolute atomic E-state index is 0.00552. The Kier molecular flexibility index (Phi) is 4.50. The van der Waals surface area contributed by atoms with Crippen LogP contribution in [0, 0.1) is 17.8 Å². The van der Waals surface area contributed by atoms with E-state index in [2.05, 4.69) is 0 Å². The maximum Gasteiger partial charge on any atom is 0.288 e. The summed E-state index contributed by atoms with van der Waals surface area (Å²) in [5.41, 5.74) is 0. The molecule has 3 aliphatic rings. The van der Waals surface area contributed by atoms with Crippen LogP contribution in [0.5, 0.6) is 0 Å². The van der Waals surface area contributed by atoms with E-state index in [0.29, 0.717) is 24.2 Å². The molecular weight excluding hydrogens is 270 g/mol. The molecule has 0 radical (unpaired) electrons. The van der Waals surface area contributed by atoms with Gasteiger partial charge in [0.1, 0.15) is 0 Å². The van der Waals surface area contributed by atoms with Crippen LogP contribution < -0.4 is 0 Å². The molecule has 118 valence electrons. The Balaban J connectivity index is 1.78. The minimum atomic E-state index is -0.351. The van der Waals surface area contributed by atoms with E-state index in [4.69, 9.17) is 14.6 Å². The summed E-state index contributed by atoms with van der Waals surface area (Å²) in [4.78, 5) is 14.0. The average Bonchev–Trinajstić information content (AvgIpc) is 3.37. The van der Waals surface area contributed by atoms with E-state index in [9.17, 15) is 4.79 Å². The molecule has 2 aliphatic heterocycles. The summed E-state index contributed by atoms with van der Waals surface area (Å²) in [6, 6.07) is 0. The van der Waals surface area contributed by atoms with Gasteiger partial charge in [0.05, 0.1) is 0 Å². The van der Waals surface area contributed by atoms with Crippen molar-refractivity contribution in [1.82, 2.24) is 4.90 Å². The van der Waals surface area contributed by atoms with Crippen molar-refractivity contribution in [2.75, 3.05) is 26.3 Å². The number of hydrogen-bond acceptors (Lipinski definition) is 4. The van der Waals surface area contributed by atoms with Gasteiger partial charge >= 0.3 is 0 Å². The second-order valence-electron chi connectivity index (χ2n) is 6.21. The molecule has 2 fully saturated rings. The van der Waals surface area contributed by atoms with Gasteiger partial charge in [-0.25, -0.2) is 0 Å². The van der Waals surface area contributed by atoms with Gasteiger partial charge < -0.3 is 19.5 Å². The summed E-state index contributed by atoms with van der Waals surface area (Å²) in [6.07, 6.45) is 5.77. The second kappa shape index (κ2) is 6.36. The maximum absolute atomic E-state index is 12.3. The fraction of sp³-hybridized carbons (Fsp3) is 0.812. The molecule has 1 aliphatic carbocycles. The summed E-state index contributed by atoms with van der Waals surface area (Å²) in [7, 11) is 0. The Morgan fingerprint density at radius 1 is 1.48 bits per heavy atom. The minimum Gasteiger partial charge on any atom is -0.459 e. The van der Waals surface area contributed by atoms with E-state index in [1.807, 2.05) is 13.0 Å². The molecule has 0 aromatic rings. The molecule has 3 rings (SSSR count). The fourth-order valence-corrected chi connectivity index (χ4v) is 3.21. The Morgan fingerprint density at radius 2 is 2.24 bits per heavy atom. The third kappa shape index (κ3) is 3.40. The Hall–Kier alpha value is -1.07. The molecule has 1 saturated heterocycles. The van der Waals surface area contributed by atoms with E-state index < -0.39 is 0 Å². The summed E-state index contributed by atoms with van der Waals surface area (Å²) < 4.78 is 11.6. The van der Waals surface area contributed by atoms with Crippen molar-refractivity contribution in [2.45, 2.75) is 38.9 Å². The van der Waals surface area contributed by atoms with Crippen molar-refractivity contribution in [1.29, 1.82) is 0 Å². The monoisotopic (exact) mass is 295 g/mol. The van der Waals surface area contributed by atoms with Gasteiger partial charge in [-0.3, -0.25) is 4.79 Å². The molecule has 0 bridgehead atoms. The Labute approximate surface area is 125 Å². The molecule has 0 aromatic carbocycles. The number of aliphatic hydroxyl groups excluding tert-OH is 1. The van der Waals surface area contributed by atoms with Gasteiger partial charge in [0.25, 0.3) is 5.91 Å². The zero-order valence-corrected chi connectivity index (χ0v) is 12.7. The van der Waals surface area contributed by atoms with Crippen molar-refractivity contribution in [3.05, 3.63) is 11.8 Å². The molecule has 5 nitrogen and oxygen atoms in total. The zero-order valence-electron chi connectivity index (χ0n) is 12.7. The zero-order chi connectivity index (χ0) is 14.8. The maximum atomic E-state index is 12.3. The van der Waals surface area contributed by atoms with Gasteiger partial charge in [-0.15, -0.1) is 0 Å². The molecule has 0 spiro atoms. The number of allylic oxidation sites excluding steroid dienone is 1. The molecular formula is C16H25NO4. The Morgan fingerprint density at radius 3 is 2.81 bits per heavy atom. The number of amides is 1. The SMILES string of the molecule is CCO[C@@H]1OC(C(=O)N2CC2)=C[C@H](C2CC2)[C@H]1CCCO. The van der Waals surface area contributed by atoms with Gasteiger partial charge in [-0.1, -0.05) is 0 Å². The van der Waals surface area contributed by atoms with Crippen LogP contribution in [-0.4, -0.2) is 48.5 Å². The van der Waals surface area contributed by atoms with E-state index in [-0.39, 0.29) is 24.7 Å². The Bertz CT molecular complexity index is 415. The quantitative estimate of drug-likeness (QED) is 0.724. The van der Waals surface area contributed by atoms with Gasteiger partial charge in [0.15, 0.2) is 5.76 Å². The third-order valence-corrected chi connectivity index (χ3v) is 4.57. The topological polar surface area (TPSA) is 58.8 Å². The lowest BCUT2D eigenvalue weighted by Gasteiger charge is -2.37. The number of rotatable bonds is 7. The summed E-state index contributed by atoms with van der Waals surface area (Å²) >= 11 is 0. The van der Waals surface area contributed by atoms with Crippen molar-refractivity contribution in [2.24, 2.45) is 17.8 Å². The molecule has 21 heavy (non-hydrogen) atoms. The number of carbonyl (C=O) groups excluding carboxylic acids is 1. The van der Waals surface area contributed by atoms with Crippen LogP contribution in [0.2, 0.25) is 0 Å². The second-order valence-corrected chi connectivity index (χ2v) is 6.21. The highest BCUT2D eigenvalue weighted by Gasteiger charge is 2.45. The molecule has 3 atom stereocenters. The van der Waals surface area contributed by atoms with Crippen molar-refractivity contribution in [3.8, 4) is 0 Å². The molecule has 2 heterocycles. The average molecular weight is 295 g/mol. The van der Waals surface area contributed by atoms with Crippen LogP contribution in [0.4, 0.5) is 0 Å². The normalized spacial score (nSPS) is 31.6. The standard InChI is InChI=1S/C16H25NO4/c1-2-20-16-12(4-3-9-18)13(11-5-6-11)10-14(21-16)15(19)17-7-8-17/h10-13,16,18H,2-9H2,1H3/t12-,13-,16-/m1/s1. The number of hydrogen-bond donors (Lipinski definition) is 1. The van der Waals surface area contributed by atoms with Gasteiger partial charge in [0.2, 0.25) is 6.29 Å². The lowest BCUT2D eigenvalue weighted by atomic mass is 9.82. The lowest BCUT2D eigenvalue weighted by Crippen LogP contribution is -2.39. The van der Waals surface area contributed by atoms with E-state index in [1.165, 1.54) is 12.8 Å². The van der Waals surface area contributed by atoms with E-state index in [0.717, 1.165) is 25.9 Å². The highest BCUT2D eigenvalue weighted by Crippen LogP contribution is 2.47. The van der Waals surface area contributed by atoms with Crippen LogP contribution in [0.1, 0.15) is 32.6 Å². The molecule has 0 aromatic heterocycles. The first kappa shape index (κ1) is 14.9. The molecule has 1 N–H and O–H groups in total. The smallest absolute Gasteiger partial charge is 0.288 e. The number of aliphatic hydroxyl groups is 1. The van der Waals surface area contributed by atoms with Crippen LogP contribution in [-0.2, 0) is 14.3 Å². The largest absolute Gasteiger partial charge is 0.459 e. The van der Waals surface area contributed by atoms with E-state index in [1.54, 1.807) is 4.90 Å². The fourth-order valence-electron chi connectivity index (χ4n) is 3.21. The van der Waals surface area contributed by atoms with Crippen LogP contribution in [0.3, 0.4) is 0 Å². The van der Waals surface area contributed by atoms with Crippen molar-refractivity contribution >= 4 is 5.91 Å². The van der Waals surface area contributed by atoms with Crippen LogP contribution in [0.15, 0.2) is 11.8 Å². The lowest BCUT2D eigenvalue weighted by molar-refractivity contribution is -0.175. The number of nitrogens with zero attached hydrogens (tertiary/aromatic N) is 1. The van der Waals surface area contributed by atoms with E-state index >= 15 is 0 Å². The first-order valence-corrected chi connectivity index (χ1v) is 8.14. The van der Waals surface area contributed by atoms with Gasteiger partial charge in [-0.05, 0) is 50.5 Å². The highest BCUT2D eigenvalue weighted by molar-refractivity contribution is 5.93. The van der Waals surface area contributed by atoms with Crippen molar-refractivity contribution < 1.29 is 19.4 Å². The van der Waals surface area contributed by atoms with Gasteiger partial charge in [0, 0.05) is 32.2 Å². The van der Waals surface area contributed by atoms with Crippen LogP contribution >= 0.6 is 0 Å². The summed E-state index contributed by atoms with van der Waals surface area (Å²) in [6.45, 7) is 4.38. The predicted molar refractivity (Wildman–Crippen MR) is 77.2 cm³/mol. The molecule has 5 heteroatoms. The molecule has 0 unspecified atom stereocenters. The highest BCUT2D eigenvalue weighted by atomic mass is 16.7. The summed E-state index contributed by atoms with van der Waals surface area (Å²) in [5.74, 6) is 1.72. The first-order chi connectivity index (χ1) is 10.2. The van der Waals surface area contributed by atoms with Crippen LogP contribution in [0.25, 0.3) is 0 Å². The predicted octanol–water partition coefficient (Wildman–Crippen LogP) is 1.52. The van der Waals surface area contributed by atoms with Gasteiger partial charge in [-0.2, -0.15) is 0 Å². The van der Waals surface area contributed by atoms with Crippen molar-refractivity contribution in [3.63, 3.8) is 0 Å².